The highest BCUT2D eigenvalue weighted by molar-refractivity contribution is 9.09. The van der Waals surface area contributed by atoms with Gasteiger partial charge in [-0.2, -0.15) is 0 Å². The fourth-order valence-electron chi connectivity index (χ4n) is 2.86. The minimum atomic E-state index is -3.13. The zero-order chi connectivity index (χ0) is 14.3. The summed E-state index contributed by atoms with van der Waals surface area (Å²) in [5.41, 5.74) is 0.898. The van der Waals surface area contributed by atoms with E-state index in [0.717, 1.165) is 16.2 Å². The fourth-order valence-corrected chi connectivity index (χ4v) is 7.85. The molecule has 0 amide bonds. The molecule has 0 aromatic heterocycles. The van der Waals surface area contributed by atoms with Gasteiger partial charge in [0.2, 0.25) is 0 Å². The summed E-state index contributed by atoms with van der Waals surface area (Å²) in [4.78, 5) is 0.520. The molecule has 0 saturated heterocycles. The topological polar surface area (TPSA) is 34.1 Å². The van der Waals surface area contributed by atoms with Gasteiger partial charge in [0.1, 0.15) is 0 Å². The van der Waals surface area contributed by atoms with E-state index in [1.807, 2.05) is 12.1 Å². The SMILES string of the molecule is CC(C)C(CBr)(CBr)C1CS(=O)(=O)c2ccccc21. The van der Waals surface area contributed by atoms with Crippen molar-refractivity contribution in [2.75, 3.05) is 16.4 Å². The van der Waals surface area contributed by atoms with Crippen LogP contribution in [0.1, 0.15) is 25.3 Å². The second kappa shape index (κ2) is 5.49. The van der Waals surface area contributed by atoms with E-state index in [4.69, 9.17) is 0 Å². The van der Waals surface area contributed by atoms with Gasteiger partial charge in [0.25, 0.3) is 0 Å². The van der Waals surface area contributed by atoms with Crippen LogP contribution in [0.15, 0.2) is 29.2 Å². The second-order valence-electron chi connectivity index (χ2n) is 5.53. The first-order valence-corrected chi connectivity index (χ1v) is 10.2. The Kier molecular flexibility index (Phi) is 4.48. The zero-order valence-corrected chi connectivity index (χ0v) is 15.1. The Balaban J connectivity index is 2.60. The molecule has 2 nitrogen and oxygen atoms in total. The number of hydrogen-bond acceptors (Lipinski definition) is 2. The molecule has 0 radical (unpaired) electrons. The monoisotopic (exact) mass is 408 g/mol. The third kappa shape index (κ3) is 2.42. The molecule has 0 N–H and O–H groups in total. The summed E-state index contributed by atoms with van der Waals surface area (Å²) in [6.07, 6.45) is 0. The standard InChI is InChI=1S/C14H18Br2O2S/c1-10(2)14(8-15,9-16)12-7-19(17,18)13-6-4-3-5-11(12)13/h3-6,10,12H,7-9H2,1-2H3. The Hall–Kier alpha value is 0.130. The number of fused-ring (bicyclic) bond motifs is 1. The van der Waals surface area contributed by atoms with E-state index in [1.165, 1.54) is 0 Å². The van der Waals surface area contributed by atoms with Gasteiger partial charge in [-0.05, 0) is 23.0 Å². The summed E-state index contributed by atoms with van der Waals surface area (Å²) in [5.74, 6) is 0.659. The molecule has 106 valence electrons. The van der Waals surface area contributed by atoms with Gasteiger partial charge in [-0.25, -0.2) is 8.42 Å². The van der Waals surface area contributed by atoms with Gasteiger partial charge < -0.3 is 0 Å². The van der Waals surface area contributed by atoms with E-state index in [-0.39, 0.29) is 17.1 Å². The van der Waals surface area contributed by atoms with Gasteiger partial charge in [-0.3, -0.25) is 0 Å². The molecule has 1 unspecified atom stereocenters. The van der Waals surface area contributed by atoms with Crippen molar-refractivity contribution in [3.8, 4) is 0 Å². The highest BCUT2D eigenvalue weighted by Gasteiger charge is 2.48. The first-order chi connectivity index (χ1) is 8.89. The van der Waals surface area contributed by atoms with Crippen molar-refractivity contribution < 1.29 is 8.42 Å². The predicted octanol–water partition coefficient (Wildman–Crippen LogP) is 3.99. The van der Waals surface area contributed by atoms with E-state index >= 15 is 0 Å². The third-order valence-electron chi connectivity index (χ3n) is 4.36. The molecule has 0 aliphatic carbocycles. The Morgan fingerprint density at radius 2 is 1.84 bits per heavy atom. The zero-order valence-electron chi connectivity index (χ0n) is 11.1. The third-order valence-corrected chi connectivity index (χ3v) is 8.26. The smallest absolute Gasteiger partial charge is 0.179 e. The molecule has 0 spiro atoms. The highest BCUT2D eigenvalue weighted by atomic mass is 79.9. The number of benzene rings is 1. The molecule has 0 bridgehead atoms. The lowest BCUT2D eigenvalue weighted by atomic mass is 9.69. The van der Waals surface area contributed by atoms with E-state index in [2.05, 4.69) is 45.7 Å². The number of halogens is 2. The molecular weight excluding hydrogens is 392 g/mol. The normalized spacial score (nSPS) is 21.6. The lowest BCUT2D eigenvalue weighted by Gasteiger charge is -2.40. The van der Waals surface area contributed by atoms with E-state index < -0.39 is 9.84 Å². The van der Waals surface area contributed by atoms with Crippen LogP contribution >= 0.6 is 31.9 Å². The number of sulfone groups is 1. The van der Waals surface area contributed by atoms with Crippen LogP contribution in [0.3, 0.4) is 0 Å². The average molecular weight is 410 g/mol. The fraction of sp³-hybridized carbons (Fsp3) is 0.571. The maximum absolute atomic E-state index is 12.3. The van der Waals surface area contributed by atoms with Crippen molar-refractivity contribution >= 4 is 41.7 Å². The van der Waals surface area contributed by atoms with E-state index in [0.29, 0.717) is 10.8 Å². The number of alkyl halides is 2. The molecule has 1 atom stereocenters. The Morgan fingerprint density at radius 1 is 1.26 bits per heavy atom. The Morgan fingerprint density at radius 3 is 2.37 bits per heavy atom. The molecule has 0 saturated carbocycles. The van der Waals surface area contributed by atoms with Crippen LogP contribution < -0.4 is 0 Å². The predicted molar refractivity (Wildman–Crippen MR) is 86.1 cm³/mol. The molecule has 2 rings (SSSR count). The molecule has 5 heteroatoms. The van der Waals surface area contributed by atoms with Gasteiger partial charge in [-0.1, -0.05) is 63.9 Å². The van der Waals surface area contributed by atoms with Crippen LogP contribution in [0.4, 0.5) is 0 Å². The van der Waals surface area contributed by atoms with Crippen LogP contribution in [0.2, 0.25) is 0 Å². The highest BCUT2D eigenvalue weighted by Crippen LogP contribution is 2.51. The van der Waals surface area contributed by atoms with Crippen molar-refractivity contribution in [3.05, 3.63) is 29.8 Å². The molecule has 1 heterocycles. The Labute approximate surface area is 132 Å². The lowest BCUT2D eigenvalue weighted by Crippen LogP contribution is -2.38. The molecular formula is C14H18Br2O2S. The maximum Gasteiger partial charge on any atom is 0.179 e. The summed E-state index contributed by atoms with van der Waals surface area (Å²) in [6, 6.07) is 7.43. The quantitative estimate of drug-likeness (QED) is 0.704. The summed E-state index contributed by atoms with van der Waals surface area (Å²) in [5, 5.41) is 1.58. The maximum atomic E-state index is 12.3. The van der Waals surface area contributed by atoms with Crippen molar-refractivity contribution in [3.63, 3.8) is 0 Å². The largest absolute Gasteiger partial charge is 0.224 e. The van der Waals surface area contributed by atoms with Crippen LogP contribution in [0.5, 0.6) is 0 Å². The van der Waals surface area contributed by atoms with Crippen molar-refractivity contribution in [1.82, 2.24) is 0 Å². The first kappa shape index (κ1) is 15.5. The minimum absolute atomic E-state index is 0.0486. The van der Waals surface area contributed by atoms with E-state index in [1.54, 1.807) is 12.1 Å². The lowest BCUT2D eigenvalue weighted by molar-refractivity contribution is 0.225. The summed E-state index contributed by atoms with van der Waals surface area (Å²) in [7, 11) is -3.13. The Bertz CT molecular complexity index is 563. The van der Waals surface area contributed by atoms with Crippen molar-refractivity contribution in [1.29, 1.82) is 0 Å². The van der Waals surface area contributed by atoms with Crippen LogP contribution in [0, 0.1) is 11.3 Å². The average Bonchev–Trinajstić information content (AvgIpc) is 2.65. The van der Waals surface area contributed by atoms with Gasteiger partial charge in [-0.15, -0.1) is 0 Å². The van der Waals surface area contributed by atoms with Crippen LogP contribution in [-0.2, 0) is 9.84 Å². The summed E-state index contributed by atoms with van der Waals surface area (Å²) >= 11 is 7.22. The molecule has 1 aliphatic rings. The molecule has 1 aliphatic heterocycles. The number of rotatable bonds is 4. The van der Waals surface area contributed by atoms with Gasteiger partial charge in [0, 0.05) is 16.6 Å². The first-order valence-electron chi connectivity index (χ1n) is 6.32. The van der Waals surface area contributed by atoms with Crippen LogP contribution in [0.25, 0.3) is 0 Å². The van der Waals surface area contributed by atoms with Crippen LogP contribution in [-0.4, -0.2) is 24.8 Å². The van der Waals surface area contributed by atoms with Gasteiger partial charge in [0.15, 0.2) is 9.84 Å². The molecule has 19 heavy (non-hydrogen) atoms. The van der Waals surface area contributed by atoms with E-state index in [9.17, 15) is 8.42 Å². The van der Waals surface area contributed by atoms with Gasteiger partial charge in [0.05, 0.1) is 10.6 Å². The van der Waals surface area contributed by atoms with Gasteiger partial charge >= 0.3 is 0 Å². The van der Waals surface area contributed by atoms with Crippen molar-refractivity contribution in [2.45, 2.75) is 24.7 Å². The molecule has 1 aromatic carbocycles. The number of hydrogen-bond donors (Lipinski definition) is 0. The second-order valence-corrected chi connectivity index (χ2v) is 8.65. The van der Waals surface area contributed by atoms with Crippen molar-refractivity contribution in [2.24, 2.45) is 11.3 Å². The molecule has 0 fully saturated rings. The minimum Gasteiger partial charge on any atom is -0.224 e. The summed E-state index contributed by atoms with van der Waals surface area (Å²) in [6.45, 7) is 4.33. The summed E-state index contributed by atoms with van der Waals surface area (Å²) < 4.78 is 24.7. The molecule has 1 aromatic rings.